The number of aryl methyl sites for hydroxylation is 3. The Labute approximate surface area is 215 Å². The molecule has 0 aliphatic heterocycles. The number of carbonyl (C=O) groups excluding carboxylic acids is 3. The van der Waals surface area contributed by atoms with E-state index in [9.17, 15) is 14.4 Å². The number of anilines is 2. The number of ether oxygens (including phenoxy) is 2. The maximum atomic E-state index is 12.4. The molecule has 0 saturated carbocycles. The first-order chi connectivity index (χ1) is 17.8. The average Bonchev–Trinajstić information content (AvgIpc) is 2.86. The Bertz CT molecular complexity index is 1300. The Morgan fingerprint density at radius 3 is 2.27 bits per heavy atom. The zero-order valence-corrected chi connectivity index (χ0v) is 21.3. The highest BCUT2D eigenvalue weighted by Crippen LogP contribution is 2.28. The smallest absolute Gasteiger partial charge is 0.329 e. The van der Waals surface area contributed by atoms with Crippen LogP contribution in [0.5, 0.6) is 11.5 Å². The molecule has 192 valence electrons. The summed E-state index contributed by atoms with van der Waals surface area (Å²) in [4.78, 5) is 36.6. The molecule has 0 atom stereocenters. The molecule has 3 aromatic rings. The average molecular weight is 503 g/mol. The number of amides is 3. The molecule has 0 unspecified atom stereocenters. The molecule has 9 heteroatoms. The Hall–Kier alpha value is -4.66. The minimum Gasteiger partial charge on any atom is -0.490 e. The molecule has 3 rings (SSSR count). The van der Waals surface area contributed by atoms with Crippen molar-refractivity contribution in [2.75, 3.05) is 23.8 Å². The minimum atomic E-state index is -0.905. The summed E-state index contributed by atoms with van der Waals surface area (Å²) >= 11 is 0. The lowest BCUT2D eigenvalue weighted by Gasteiger charge is -2.14. The number of carbonyl (C=O) groups is 3. The first-order valence-corrected chi connectivity index (χ1v) is 11.7. The molecule has 0 bridgehead atoms. The highest BCUT2D eigenvalue weighted by Gasteiger charge is 2.14. The highest BCUT2D eigenvalue weighted by atomic mass is 16.5. The third-order valence-corrected chi connectivity index (χ3v) is 5.23. The van der Waals surface area contributed by atoms with Crippen molar-refractivity contribution in [3.05, 3.63) is 82.9 Å². The SMILES string of the molecule is CCOc1cc(/C=N\NC(=O)C(=O)Nc2cccc(C)c2)ccc1OCC(=O)Nc1c(C)cccc1C. The monoisotopic (exact) mass is 502 g/mol. The Morgan fingerprint density at radius 1 is 0.838 bits per heavy atom. The van der Waals surface area contributed by atoms with Gasteiger partial charge < -0.3 is 20.1 Å². The molecule has 0 aliphatic rings. The minimum absolute atomic E-state index is 0.201. The van der Waals surface area contributed by atoms with Crippen molar-refractivity contribution in [3.8, 4) is 11.5 Å². The summed E-state index contributed by atoms with van der Waals surface area (Å²) in [5, 5.41) is 9.24. The molecular weight excluding hydrogens is 472 g/mol. The van der Waals surface area contributed by atoms with Crippen molar-refractivity contribution in [3.63, 3.8) is 0 Å². The topological polar surface area (TPSA) is 118 Å². The third kappa shape index (κ3) is 7.93. The van der Waals surface area contributed by atoms with E-state index >= 15 is 0 Å². The van der Waals surface area contributed by atoms with Gasteiger partial charge >= 0.3 is 11.8 Å². The second-order valence-corrected chi connectivity index (χ2v) is 8.27. The number of hydrazone groups is 1. The van der Waals surface area contributed by atoms with Crippen LogP contribution >= 0.6 is 0 Å². The molecule has 3 N–H and O–H groups in total. The van der Waals surface area contributed by atoms with Gasteiger partial charge in [0.25, 0.3) is 5.91 Å². The molecule has 0 aromatic heterocycles. The molecule has 37 heavy (non-hydrogen) atoms. The van der Waals surface area contributed by atoms with Crippen LogP contribution < -0.4 is 25.5 Å². The van der Waals surface area contributed by atoms with Gasteiger partial charge in [-0.3, -0.25) is 14.4 Å². The van der Waals surface area contributed by atoms with Crippen LogP contribution in [0.25, 0.3) is 0 Å². The predicted molar refractivity (Wildman–Crippen MR) is 143 cm³/mol. The molecule has 3 amide bonds. The molecular formula is C28H30N4O5. The number of rotatable bonds is 9. The van der Waals surface area contributed by atoms with Crippen LogP contribution in [0.1, 0.15) is 29.2 Å². The van der Waals surface area contributed by atoms with Gasteiger partial charge in [0.05, 0.1) is 12.8 Å². The summed E-state index contributed by atoms with van der Waals surface area (Å²) in [7, 11) is 0. The van der Waals surface area contributed by atoms with Crippen LogP contribution in [0.15, 0.2) is 65.8 Å². The Kier molecular flexibility index (Phi) is 9.37. The summed E-state index contributed by atoms with van der Waals surface area (Å²) in [5.41, 5.74) is 6.96. The van der Waals surface area contributed by atoms with Crippen molar-refractivity contribution >= 4 is 35.3 Å². The number of hydrogen-bond acceptors (Lipinski definition) is 6. The summed E-state index contributed by atoms with van der Waals surface area (Å²) in [6.45, 7) is 7.74. The summed E-state index contributed by atoms with van der Waals surface area (Å²) in [5.74, 6) is -1.23. The molecule has 0 spiro atoms. The van der Waals surface area contributed by atoms with E-state index in [1.165, 1.54) is 6.21 Å². The van der Waals surface area contributed by atoms with Gasteiger partial charge in [-0.25, -0.2) is 5.43 Å². The molecule has 3 aromatic carbocycles. The highest BCUT2D eigenvalue weighted by molar-refractivity contribution is 6.39. The van der Waals surface area contributed by atoms with E-state index in [2.05, 4.69) is 21.2 Å². The van der Waals surface area contributed by atoms with Crippen LogP contribution in [0.3, 0.4) is 0 Å². The molecule has 0 aliphatic carbocycles. The molecule has 9 nitrogen and oxygen atoms in total. The first-order valence-electron chi connectivity index (χ1n) is 11.7. The van der Waals surface area contributed by atoms with Crippen molar-refractivity contribution in [1.82, 2.24) is 5.43 Å². The van der Waals surface area contributed by atoms with Crippen molar-refractivity contribution in [2.24, 2.45) is 5.10 Å². The predicted octanol–water partition coefficient (Wildman–Crippen LogP) is 4.12. The number of benzene rings is 3. The standard InChI is InChI=1S/C28H30N4O5/c1-5-36-24-15-21(16-29-32-28(35)27(34)30-22-11-6-8-18(2)14-22)12-13-23(24)37-17-25(33)31-26-19(3)9-7-10-20(26)4/h6-16H,5,17H2,1-4H3,(H,30,34)(H,31,33)(H,32,35)/b29-16-. The van der Waals surface area contributed by atoms with Gasteiger partial charge in [0.1, 0.15) is 0 Å². The van der Waals surface area contributed by atoms with E-state index in [1.54, 1.807) is 36.4 Å². The van der Waals surface area contributed by atoms with Gasteiger partial charge in [0.2, 0.25) is 0 Å². The molecule has 0 radical (unpaired) electrons. The summed E-state index contributed by atoms with van der Waals surface area (Å²) in [6, 6.07) is 17.9. The third-order valence-electron chi connectivity index (χ3n) is 5.23. The van der Waals surface area contributed by atoms with Crippen LogP contribution in [0, 0.1) is 20.8 Å². The lowest BCUT2D eigenvalue weighted by molar-refractivity contribution is -0.136. The van der Waals surface area contributed by atoms with Gasteiger partial charge in [-0.1, -0.05) is 30.3 Å². The number of hydrogen-bond donors (Lipinski definition) is 3. The fraction of sp³-hybridized carbons (Fsp3) is 0.214. The summed E-state index contributed by atoms with van der Waals surface area (Å²) < 4.78 is 11.3. The number of para-hydroxylation sites is 1. The van der Waals surface area contributed by atoms with Crippen LogP contribution in [-0.2, 0) is 14.4 Å². The zero-order valence-electron chi connectivity index (χ0n) is 21.3. The maximum Gasteiger partial charge on any atom is 0.329 e. The van der Waals surface area contributed by atoms with Gasteiger partial charge in [-0.15, -0.1) is 0 Å². The fourth-order valence-corrected chi connectivity index (χ4v) is 3.45. The fourth-order valence-electron chi connectivity index (χ4n) is 3.45. The number of nitrogens with one attached hydrogen (secondary N) is 3. The van der Waals surface area contributed by atoms with Crippen LogP contribution in [-0.4, -0.2) is 37.1 Å². The zero-order chi connectivity index (χ0) is 26.8. The lowest BCUT2D eigenvalue weighted by Crippen LogP contribution is -2.32. The van der Waals surface area contributed by atoms with E-state index in [0.717, 1.165) is 22.4 Å². The lowest BCUT2D eigenvalue weighted by atomic mass is 10.1. The van der Waals surface area contributed by atoms with E-state index in [-0.39, 0.29) is 12.5 Å². The van der Waals surface area contributed by atoms with E-state index in [1.807, 2.05) is 52.0 Å². The first kappa shape index (κ1) is 26.9. The number of nitrogens with zero attached hydrogens (tertiary/aromatic N) is 1. The second kappa shape index (κ2) is 12.9. The van der Waals surface area contributed by atoms with Crippen LogP contribution in [0.4, 0.5) is 11.4 Å². The van der Waals surface area contributed by atoms with Crippen LogP contribution in [0.2, 0.25) is 0 Å². The van der Waals surface area contributed by atoms with Crippen molar-refractivity contribution in [1.29, 1.82) is 0 Å². The molecule has 0 fully saturated rings. The van der Waals surface area contributed by atoms with E-state index < -0.39 is 11.8 Å². The Morgan fingerprint density at radius 2 is 1.57 bits per heavy atom. The van der Waals surface area contributed by atoms with Gasteiger partial charge in [0.15, 0.2) is 18.1 Å². The quantitative estimate of drug-likeness (QED) is 0.231. The van der Waals surface area contributed by atoms with Crippen molar-refractivity contribution < 1.29 is 23.9 Å². The van der Waals surface area contributed by atoms with Crippen molar-refractivity contribution in [2.45, 2.75) is 27.7 Å². The molecule has 0 heterocycles. The van der Waals surface area contributed by atoms with Gasteiger partial charge in [-0.05, 0) is 80.3 Å². The Balaban J connectivity index is 1.58. The van der Waals surface area contributed by atoms with E-state index in [4.69, 9.17) is 9.47 Å². The largest absolute Gasteiger partial charge is 0.490 e. The summed E-state index contributed by atoms with van der Waals surface area (Å²) in [6.07, 6.45) is 1.37. The van der Waals surface area contributed by atoms with Gasteiger partial charge in [0, 0.05) is 11.4 Å². The van der Waals surface area contributed by atoms with Gasteiger partial charge in [-0.2, -0.15) is 5.10 Å². The second-order valence-electron chi connectivity index (χ2n) is 8.27. The normalized spacial score (nSPS) is 10.6. The maximum absolute atomic E-state index is 12.4. The molecule has 0 saturated heterocycles. The van der Waals surface area contributed by atoms with E-state index in [0.29, 0.717) is 29.4 Å².